The summed E-state index contributed by atoms with van der Waals surface area (Å²) in [4.78, 5) is 15.4. The Morgan fingerprint density at radius 3 is 2.36 bits per heavy atom. The molecular formula is C27H24N4O4S. The van der Waals surface area contributed by atoms with Gasteiger partial charge in [0.15, 0.2) is 0 Å². The fourth-order valence-electron chi connectivity index (χ4n) is 4.79. The van der Waals surface area contributed by atoms with Crippen LogP contribution >= 0.6 is 0 Å². The summed E-state index contributed by atoms with van der Waals surface area (Å²) < 4.78 is 27.8. The standard InChI is InChI=1S/C27H24N4O4S/c28-17-21-18-31(36(34,35)24-9-5-2-6-10-24)26-12-11-22(16-25(21)26)30-14-13-29(27(32)33)19-23(30)15-20-7-3-1-4-8-20/h1-12,16,18,23H,13-15,19H2,(H,32,33). The number of benzene rings is 3. The van der Waals surface area contributed by atoms with Gasteiger partial charge in [-0.3, -0.25) is 0 Å². The minimum atomic E-state index is -3.88. The Labute approximate surface area is 209 Å². The molecule has 9 heteroatoms. The van der Waals surface area contributed by atoms with Crippen molar-refractivity contribution in [3.8, 4) is 6.07 Å². The minimum Gasteiger partial charge on any atom is -0.465 e. The summed E-state index contributed by atoms with van der Waals surface area (Å²) in [6.07, 6.45) is 1.07. The molecule has 1 aromatic heterocycles. The van der Waals surface area contributed by atoms with Crippen LogP contribution in [0.2, 0.25) is 0 Å². The molecule has 182 valence electrons. The van der Waals surface area contributed by atoms with Crippen molar-refractivity contribution in [2.24, 2.45) is 0 Å². The molecule has 1 saturated heterocycles. The maximum atomic E-state index is 13.3. The fraction of sp³-hybridized carbons (Fsp3) is 0.185. The molecular weight excluding hydrogens is 476 g/mol. The monoisotopic (exact) mass is 500 g/mol. The number of fused-ring (bicyclic) bond motifs is 1. The van der Waals surface area contributed by atoms with Crippen molar-refractivity contribution in [3.63, 3.8) is 0 Å². The molecule has 0 spiro atoms. The summed E-state index contributed by atoms with van der Waals surface area (Å²) in [7, 11) is -3.88. The second-order valence-corrected chi connectivity index (χ2v) is 10.6. The summed E-state index contributed by atoms with van der Waals surface area (Å²) in [6, 6.07) is 25.4. The molecule has 0 saturated carbocycles. The number of carboxylic acid groups (broad SMARTS) is 1. The Morgan fingerprint density at radius 1 is 1.00 bits per heavy atom. The van der Waals surface area contributed by atoms with Crippen LogP contribution in [-0.2, 0) is 16.4 Å². The number of hydrogen-bond acceptors (Lipinski definition) is 5. The Kier molecular flexibility index (Phi) is 6.12. The van der Waals surface area contributed by atoms with Crippen molar-refractivity contribution < 1.29 is 18.3 Å². The third kappa shape index (κ3) is 4.27. The molecule has 36 heavy (non-hydrogen) atoms. The van der Waals surface area contributed by atoms with E-state index in [1.54, 1.807) is 24.3 Å². The predicted molar refractivity (Wildman–Crippen MR) is 137 cm³/mol. The number of piperazine rings is 1. The zero-order valence-corrected chi connectivity index (χ0v) is 20.2. The van der Waals surface area contributed by atoms with Gasteiger partial charge in [0, 0.05) is 36.9 Å². The molecule has 0 bridgehead atoms. The summed E-state index contributed by atoms with van der Waals surface area (Å²) in [5.41, 5.74) is 2.59. The van der Waals surface area contributed by atoms with Gasteiger partial charge in [-0.2, -0.15) is 5.26 Å². The van der Waals surface area contributed by atoms with Crippen LogP contribution in [-0.4, -0.2) is 54.2 Å². The third-order valence-corrected chi connectivity index (χ3v) is 8.26. The van der Waals surface area contributed by atoms with E-state index in [1.165, 1.54) is 23.2 Å². The Balaban J connectivity index is 1.55. The lowest BCUT2D eigenvalue weighted by atomic mass is 10.0. The molecule has 5 rings (SSSR count). The van der Waals surface area contributed by atoms with Crippen LogP contribution in [0.4, 0.5) is 10.5 Å². The molecule has 2 heterocycles. The van der Waals surface area contributed by atoms with E-state index in [4.69, 9.17) is 0 Å². The smallest absolute Gasteiger partial charge is 0.407 e. The van der Waals surface area contributed by atoms with Crippen molar-refractivity contribution >= 4 is 32.7 Å². The van der Waals surface area contributed by atoms with E-state index in [2.05, 4.69) is 11.0 Å². The van der Waals surface area contributed by atoms with E-state index in [1.807, 2.05) is 42.5 Å². The first kappa shape index (κ1) is 23.5. The highest BCUT2D eigenvalue weighted by molar-refractivity contribution is 7.90. The molecule has 1 amide bonds. The van der Waals surface area contributed by atoms with E-state index >= 15 is 0 Å². The number of nitrogens with zero attached hydrogens (tertiary/aromatic N) is 4. The Hall–Kier alpha value is -4.29. The van der Waals surface area contributed by atoms with Crippen molar-refractivity contribution in [1.82, 2.24) is 8.87 Å². The largest absolute Gasteiger partial charge is 0.465 e. The lowest BCUT2D eigenvalue weighted by Gasteiger charge is -2.42. The number of aromatic nitrogens is 1. The second-order valence-electron chi connectivity index (χ2n) is 8.74. The summed E-state index contributed by atoms with van der Waals surface area (Å²) in [5, 5.41) is 19.9. The fourth-order valence-corrected chi connectivity index (χ4v) is 6.18. The zero-order valence-electron chi connectivity index (χ0n) is 19.4. The highest BCUT2D eigenvalue weighted by Crippen LogP contribution is 2.31. The van der Waals surface area contributed by atoms with E-state index in [0.717, 1.165) is 15.2 Å². The topological polar surface area (TPSA) is 107 Å². The zero-order chi connectivity index (χ0) is 25.3. The predicted octanol–water partition coefficient (Wildman–Crippen LogP) is 4.16. The molecule has 0 aliphatic carbocycles. The highest BCUT2D eigenvalue weighted by Gasteiger charge is 2.30. The third-order valence-electron chi connectivity index (χ3n) is 6.57. The molecule has 8 nitrogen and oxygen atoms in total. The van der Waals surface area contributed by atoms with Gasteiger partial charge in [-0.15, -0.1) is 0 Å². The molecule has 1 aliphatic rings. The first-order chi connectivity index (χ1) is 17.4. The van der Waals surface area contributed by atoms with Gasteiger partial charge in [-0.1, -0.05) is 48.5 Å². The molecule has 0 radical (unpaired) electrons. The van der Waals surface area contributed by atoms with Crippen LogP contribution in [0.25, 0.3) is 10.9 Å². The molecule has 1 fully saturated rings. The van der Waals surface area contributed by atoms with Gasteiger partial charge < -0.3 is 14.9 Å². The quantitative estimate of drug-likeness (QED) is 0.441. The van der Waals surface area contributed by atoms with E-state index < -0.39 is 16.1 Å². The molecule has 1 aliphatic heterocycles. The van der Waals surface area contributed by atoms with Gasteiger partial charge >= 0.3 is 6.09 Å². The summed E-state index contributed by atoms with van der Waals surface area (Å²) in [6.45, 7) is 1.18. The number of rotatable bonds is 5. The van der Waals surface area contributed by atoms with E-state index in [-0.39, 0.29) is 16.5 Å². The average Bonchev–Trinajstić information content (AvgIpc) is 3.28. The Morgan fingerprint density at radius 2 is 1.69 bits per heavy atom. The second kappa shape index (κ2) is 9.40. The number of amides is 1. The lowest BCUT2D eigenvalue weighted by molar-refractivity contribution is 0.134. The first-order valence-corrected chi connectivity index (χ1v) is 13.0. The van der Waals surface area contributed by atoms with Gasteiger partial charge in [-0.25, -0.2) is 17.2 Å². The van der Waals surface area contributed by atoms with Crippen LogP contribution in [0.3, 0.4) is 0 Å². The van der Waals surface area contributed by atoms with E-state index in [9.17, 15) is 23.6 Å². The van der Waals surface area contributed by atoms with E-state index in [0.29, 0.717) is 37.0 Å². The number of anilines is 1. The Bertz CT molecular complexity index is 1560. The normalized spacial score (nSPS) is 16.1. The molecule has 1 unspecified atom stereocenters. The van der Waals surface area contributed by atoms with Crippen molar-refractivity contribution in [2.75, 3.05) is 24.5 Å². The highest BCUT2D eigenvalue weighted by atomic mass is 32.2. The maximum absolute atomic E-state index is 13.3. The van der Waals surface area contributed by atoms with Gasteiger partial charge in [0.1, 0.15) is 6.07 Å². The minimum absolute atomic E-state index is 0.115. The van der Waals surface area contributed by atoms with Crippen molar-refractivity contribution in [2.45, 2.75) is 17.4 Å². The summed E-state index contributed by atoms with van der Waals surface area (Å²) >= 11 is 0. The maximum Gasteiger partial charge on any atom is 0.407 e. The SMILES string of the molecule is N#Cc1cn(S(=O)(=O)c2ccccc2)c2ccc(N3CCN(C(=O)O)CC3Cc3ccccc3)cc12. The van der Waals surface area contributed by atoms with Crippen LogP contribution in [0.1, 0.15) is 11.1 Å². The lowest BCUT2D eigenvalue weighted by Crippen LogP contribution is -2.55. The molecule has 1 atom stereocenters. The van der Waals surface area contributed by atoms with Crippen LogP contribution in [0.15, 0.2) is 90.0 Å². The number of carbonyl (C=O) groups is 1. The van der Waals surface area contributed by atoms with Gasteiger partial charge in [0.05, 0.1) is 22.0 Å². The number of hydrogen-bond donors (Lipinski definition) is 1. The van der Waals surface area contributed by atoms with Gasteiger partial charge in [-0.05, 0) is 42.3 Å². The molecule has 1 N–H and O–H groups in total. The molecule has 4 aromatic rings. The van der Waals surface area contributed by atoms with Crippen LogP contribution in [0, 0.1) is 11.3 Å². The average molecular weight is 501 g/mol. The summed E-state index contributed by atoms with van der Waals surface area (Å²) in [5.74, 6) is 0. The van der Waals surface area contributed by atoms with Gasteiger partial charge in [0.25, 0.3) is 10.0 Å². The molecule has 3 aromatic carbocycles. The van der Waals surface area contributed by atoms with Crippen molar-refractivity contribution in [3.05, 3.63) is 96.2 Å². The number of nitriles is 1. The van der Waals surface area contributed by atoms with Crippen LogP contribution in [0.5, 0.6) is 0 Å². The van der Waals surface area contributed by atoms with Crippen molar-refractivity contribution in [1.29, 1.82) is 5.26 Å². The van der Waals surface area contributed by atoms with Crippen LogP contribution < -0.4 is 4.90 Å². The van der Waals surface area contributed by atoms with Gasteiger partial charge in [0.2, 0.25) is 0 Å². The first-order valence-electron chi connectivity index (χ1n) is 11.5.